The van der Waals surface area contributed by atoms with Gasteiger partial charge < -0.3 is 5.73 Å². The van der Waals surface area contributed by atoms with E-state index in [-0.39, 0.29) is 11.4 Å². The third kappa shape index (κ3) is 3.82. The number of likely N-dealkylation sites (N-methyl/N-ethyl adjacent to an activating group) is 1. The number of piperazine rings is 1. The molecule has 0 saturated carbocycles. The van der Waals surface area contributed by atoms with Gasteiger partial charge in [-0.15, -0.1) is 0 Å². The Morgan fingerprint density at radius 1 is 1.29 bits per heavy atom. The summed E-state index contributed by atoms with van der Waals surface area (Å²) in [5.74, 6) is -0.182. The monoisotopic (exact) mass is 293 g/mol. The smallest absolute Gasteiger partial charge is 0.123 e. The average molecular weight is 293 g/mol. The highest BCUT2D eigenvalue weighted by molar-refractivity contribution is 5.19. The van der Waals surface area contributed by atoms with E-state index in [4.69, 9.17) is 5.73 Å². The van der Waals surface area contributed by atoms with Crippen molar-refractivity contribution in [1.82, 2.24) is 9.80 Å². The molecule has 1 fully saturated rings. The maximum Gasteiger partial charge on any atom is 0.123 e. The molecule has 1 aromatic rings. The summed E-state index contributed by atoms with van der Waals surface area (Å²) in [6.07, 6.45) is 0.864. The maximum absolute atomic E-state index is 13.0. The number of hydrogen-bond acceptors (Lipinski definition) is 3. The van der Waals surface area contributed by atoms with Gasteiger partial charge in [-0.25, -0.2) is 4.39 Å². The van der Waals surface area contributed by atoms with Gasteiger partial charge in [0.05, 0.1) is 0 Å². The van der Waals surface area contributed by atoms with Crippen LogP contribution in [0.4, 0.5) is 4.39 Å². The second-order valence-electron chi connectivity index (χ2n) is 6.43. The predicted octanol–water partition coefficient (Wildman–Crippen LogP) is 2.11. The van der Waals surface area contributed by atoms with Crippen LogP contribution in [0.5, 0.6) is 0 Å². The molecule has 1 aromatic carbocycles. The molecule has 2 unspecified atom stereocenters. The van der Waals surface area contributed by atoms with Crippen molar-refractivity contribution in [1.29, 1.82) is 0 Å². The van der Waals surface area contributed by atoms with Crippen molar-refractivity contribution < 1.29 is 4.39 Å². The lowest BCUT2D eigenvalue weighted by Gasteiger charge is -2.48. The van der Waals surface area contributed by atoms with E-state index in [1.165, 1.54) is 12.1 Å². The van der Waals surface area contributed by atoms with Crippen molar-refractivity contribution in [2.45, 2.75) is 38.8 Å². The highest BCUT2D eigenvalue weighted by Gasteiger charge is 2.35. The molecule has 0 aromatic heterocycles. The Morgan fingerprint density at radius 2 is 1.95 bits per heavy atom. The van der Waals surface area contributed by atoms with Gasteiger partial charge in [-0.3, -0.25) is 9.80 Å². The molecule has 2 N–H and O–H groups in total. The van der Waals surface area contributed by atoms with Crippen LogP contribution in [0.1, 0.15) is 26.3 Å². The van der Waals surface area contributed by atoms with E-state index >= 15 is 0 Å². The molecule has 1 heterocycles. The number of nitrogens with zero attached hydrogens (tertiary/aromatic N) is 2. The fourth-order valence-electron chi connectivity index (χ4n) is 3.31. The molecule has 1 saturated heterocycles. The summed E-state index contributed by atoms with van der Waals surface area (Å²) < 4.78 is 13.0. The van der Waals surface area contributed by atoms with Crippen LogP contribution in [0, 0.1) is 5.82 Å². The highest BCUT2D eigenvalue weighted by atomic mass is 19.1. The first-order valence-corrected chi connectivity index (χ1v) is 7.92. The van der Waals surface area contributed by atoms with Crippen LogP contribution >= 0.6 is 0 Å². The molecule has 0 spiro atoms. The van der Waals surface area contributed by atoms with E-state index in [2.05, 4.69) is 30.6 Å². The van der Waals surface area contributed by atoms with Crippen molar-refractivity contribution in [3.63, 3.8) is 0 Å². The summed E-state index contributed by atoms with van der Waals surface area (Å²) in [5.41, 5.74) is 7.18. The van der Waals surface area contributed by atoms with Crippen LogP contribution in [0.25, 0.3) is 0 Å². The molecule has 4 heteroatoms. The second kappa shape index (κ2) is 6.86. The van der Waals surface area contributed by atoms with E-state index in [9.17, 15) is 4.39 Å². The van der Waals surface area contributed by atoms with Gasteiger partial charge in [-0.2, -0.15) is 0 Å². The Hall–Kier alpha value is -0.970. The third-order valence-corrected chi connectivity index (χ3v) is 4.87. The van der Waals surface area contributed by atoms with Gasteiger partial charge in [0.25, 0.3) is 0 Å². The van der Waals surface area contributed by atoms with Crippen molar-refractivity contribution in [2.24, 2.45) is 5.73 Å². The summed E-state index contributed by atoms with van der Waals surface area (Å²) >= 11 is 0. The van der Waals surface area contributed by atoms with Crippen LogP contribution in [0.3, 0.4) is 0 Å². The molecule has 1 aliphatic heterocycles. The van der Waals surface area contributed by atoms with Crippen molar-refractivity contribution >= 4 is 0 Å². The summed E-state index contributed by atoms with van der Waals surface area (Å²) in [4.78, 5) is 5.01. The van der Waals surface area contributed by atoms with Gasteiger partial charge in [0.1, 0.15) is 5.82 Å². The van der Waals surface area contributed by atoms with Crippen molar-refractivity contribution in [2.75, 3.05) is 32.7 Å². The zero-order chi connectivity index (χ0) is 15.5. The number of rotatable bonds is 5. The van der Waals surface area contributed by atoms with Crippen LogP contribution in [-0.4, -0.2) is 54.1 Å². The highest BCUT2D eigenvalue weighted by Crippen LogP contribution is 2.24. The maximum atomic E-state index is 13.0. The Bertz CT molecular complexity index is 448. The van der Waals surface area contributed by atoms with E-state index in [1.807, 2.05) is 12.1 Å². The molecule has 118 valence electrons. The van der Waals surface area contributed by atoms with E-state index in [0.717, 1.165) is 38.2 Å². The minimum Gasteiger partial charge on any atom is -0.329 e. The van der Waals surface area contributed by atoms with E-state index in [1.54, 1.807) is 0 Å². The van der Waals surface area contributed by atoms with Crippen LogP contribution < -0.4 is 5.73 Å². The standard InChI is InChI=1S/C17H28FN3/c1-4-20-9-10-21(12-14(20)2)17(3,13-19)11-15-5-7-16(18)8-6-15/h5-8,14H,4,9-13,19H2,1-3H3. The molecule has 2 rings (SSSR count). The Morgan fingerprint density at radius 3 is 2.48 bits per heavy atom. The number of hydrogen-bond donors (Lipinski definition) is 1. The van der Waals surface area contributed by atoms with Gasteiger partial charge in [-0.05, 0) is 44.5 Å². The lowest BCUT2D eigenvalue weighted by Crippen LogP contribution is -2.62. The van der Waals surface area contributed by atoms with Crippen LogP contribution in [0.2, 0.25) is 0 Å². The fourth-order valence-corrected chi connectivity index (χ4v) is 3.31. The first-order chi connectivity index (χ1) is 9.98. The van der Waals surface area contributed by atoms with Crippen molar-refractivity contribution in [3.05, 3.63) is 35.6 Å². The molecule has 21 heavy (non-hydrogen) atoms. The first kappa shape index (κ1) is 16.4. The lowest BCUT2D eigenvalue weighted by atomic mass is 9.89. The quantitative estimate of drug-likeness (QED) is 0.902. The van der Waals surface area contributed by atoms with Gasteiger partial charge in [0.2, 0.25) is 0 Å². The number of benzene rings is 1. The Labute approximate surface area is 127 Å². The predicted molar refractivity (Wildman–Crippen MR) is 85.8 cm³/mol. The molecule has 0 radical (unpaired) electrons. The SMILES string of the molecule is CCN1CCN(C(C)(CN)Cc2ccc(F)cc2)CC1C. The minimum atomic E-state index is -0.182. The molecular formula is C17H28FN3. The Balaban J connectivity index is 2.08. The lowest BCUT2D eigenvalue weighted by molar-refractivity contribution is 0.0185. The second-order valence-corrected chi connectivity index (χ2v) is 6.43. The molecule has 2 atom stereocenters. The molecular weight excluding hydrogens is 265 g/mol. The van der Waals surface area contributed by atoms with E-state index in [0.29, 0.717) is 12.6 Å². The molecule has 0 aliphatic carbocycles. The van der Waals surface area contributed by atoms with E-state index < -0.39 is 0 Å². The van der Waals surface area contributed by atoms with Gasteiger partial charge in [0, 0.05) is 37.8 Å². The van der Waals surface area contributed by atoms with Gasteiger partial charge in [0.15, 0.2) is 0 Å². The Kier molecular flexibility index (Phi) is 5.36. The zero-order valence-electron chi connectivity index (χ0n) is 13.5. The molecule has 0 amide bonds. The van der Waals surface area contributed by atoms with Crippen LogP contribution in [0.15, 0.2) is 24.3 Å². The fraction of sp³-hybridized carbons (Fsp3) is 0.647. The molecule has 3 nitrogen and oxygen atoms in total. The first-order valence-electron chi connectivity index (χ1n) is 7.92. The third-order valence-electron chi connectivity index (χ3n) is 4.87. The minimum absolute atomic E-state index is 0.0636. The average Bonchev–Trinajstić information content (AvgIpc) is 2.49. The molecule has 0 bridgehead atoms. The topological polar surface area (TPSA) is 32.5 Å². The normalized spacial score (nSPS) is 24.0. The zero-order valence-corrected chi connectivity index (χ0v) is 13.5. The van der Waals surface area contributed by atoms with Gasteiger partial charge in [-0.1, -0.05) is 19.1 Å². The number of halogens is 1. The van der Waals surface area contributed by atoms with Crippen molar-refractivity contribution in [3.8, 4) is 0 Å². The summed E-state index contributed by atoms with van der Waals surface area (Å²) in [5, 5.41) is 0. The van der Waals surface area contributed by atoms with Crippen LogP contribution in [-0.2, 0) is 6.42 Å². The largest absolute Gasteiger partial charge is 0.329 e. The summed E-state index contributed by atoms with van der Waals surface area (Å²) in [6, 6.07) is 7.36. The summed E-state index contributed by atoms with van der Waals surface area (Å²) in [6.45, 7) is 11.6. The summed E-state index contributed by atoms with van der Waals surface area (Å²) in [7, 11) is 0. The molecule has 1 aliphatic rings. The van der Waals surface area contributed by atoms with Gasteiger partial charge >= 0.3 is 0 Å². The number of nitrogens with two attached hydrogens (primary N) is 1.